The van der Waals surface area contributed by atoms with Crippen molar-refractivity contribution < 1.29 is 4.74 Å². The summed E-state index contributed by atoms with van der Waals surface area (Å²) < 4.78 is 5.24. The van der Waals surface area contributed by atoms with Crippen molar-refractivity contribution in [3.63, 3.8) is 0 Å². The van der Waals surface area contributed by atoms with Crippen LogP contribution in [0.15, 0.2) is 24.3 Å². The van der Waals surface area contributed by atoms with Crippen molar-refractivity contribution >= 4 is 0 Å². The third-order valence-corrected chi connectivity index (χ3v) is 5.18. The van der Waals surface area contributed by atoms with Crippen molar-refractivity contribution in [3.8, 4) is 5.75 Å². The van der Waals surface area contributed by atoms with Crippen molar-refractivity contribution in [1.29, 1.82) is 0 Å². The molecule has 2 fully saturated rings. The zero-order valence-corrected chi connectivity index (χ0v) is 13.6. The molecule has 1 aliphatic heterocycles. The van der Waals surface area contributed by atoms with Gasteiger partial charge in [-0.3, -0.25) is 0 Å². The number of hydrogen-bond donors (Lipinski definition) is 1. The van der Waals surface area contributed by atoms with Gasteiger partial charge < -0.3 is 4.74 Å². The first-order valence-corrected chi connectivity index (χ1v) is 8.21. The quantitative estimate of drug-likeness (QED) is 0.913. The predicted molar refractivity (Wildman–Crippen MR) is 86.2 cm³/mol. The molecule has 1 aromatic carbocycles. The Morgan fingerprint density at radius 2 is 1.76 bits per heavy atom. The molecule has 1 spiro atoms. The third-order valence-electron chi connectivity index (χ3n) is 5.18. The van der Waals surface area contributed by atoms with Gasteiger partial charge in [-0.25, -0.2) is 10.4 Å². The van der Waals surface area contributed by atoms with E-state index in [1.54, 1.807) is 7.11 Å². The van der Waals surface area contributed by atoms with Crippen LogP contribution in [0.3, 0.4) is 0 Å². The lowest BCUT2D eigenvalue weighted by Crippen LogP contribution is -2.48. The number of nitrogens with one attached hydrogen (secondary N) is 1. The molecule has 3 nitrogen and oxygen atoms in total. The zero-order valence-electron chi connectivity index (χ0n) is 13.6. The Labute approximate surface area is 128 Å². The smallest absolute Gasteiger partial charge is 0.118 e. The van der Waals surface area contributed by atoms with E-state index < -0.39 is 0 Å². The molecule has 116 valence electrons. The lowest BCUT2D eigenvalue weighted by atomic mass is 9.76. The van der Waals surface area contributed by atoms with Gasteiger partial charge in [0.25, 0.3) is 0 Å². The van der Waals surface area contributed by atoms with E-state index in [0.717, 1.165) is 12.3 Å². The maximum Gasteiger partial charge on any atom is 0.118 e. The fourth-order valence-corrected chi connectivity index (χ4v) is 4.08. The molecule has 1 aromatic rings. The molecule has 0 unspecified atom stereocenters. The first kappa shape index (κ1) is 14.9. The van der Waals surface area contributed by atoms with Crippen LogP contribution in [0.1, 0.15) is 57.9 Å². The van der Waals surface area contributed by atoms with Gasteiger partial charge >= 0.3 is 0 Å². The minimum absolute atomic E-state index is 0.220. The second-order valence-electron chi connectivity index (χ2n) is 7.38. The van der Waals surface area contributed by atoms with Crippen molar-refractivity contribution in [2.24, 2.45) is 0 Å². The van der Waals surface area contributed by atoms with Gasteiger partial charge in [-0.2, -0.15) is 0 Å². The summed E-state index contributed by atoms with van der Waals surface area (Å²) in [5.74, 6) is 0.927. The van der Waals surface area contributed by atoms with Crippen LogP contribution in [0.4, 0.5) is 0 Å². The standard InChI is InChI=1S/C18H28N2O/c1-17(2)14-18(11-5-4-6-12-18)19-20(17)13-15-7-9-16(21-3)10-8-15/h7-10,19H,4-6,11-14H2,1-3H3. The van der Waals surface area contributed by atoms with Crippen molar-refractivity contribution in [2.45, 2.75) is 70.0 Å². The predicted octanol–water partition coefficient (Wildman–Crippen LogP) is 3.89. The second kappa shape index (κ2) is 5.62. The number of nitrogens with zero attached hydrogens (tertiary/aromatic N) is 1. The lowest BCUT2D eigenvalue weighted by Gasteiger charge is -2.34. The van der Waals surface area contributed by atoms with Crippen LogP contribution in [0, 0.1) is 0 Å². The topological polar surface area (TPSA) is 24.5 Å². The Kier molecular flexibility index (Phi) is 3.98. The minimum atomic E-state index is 0.220. The Morgan fingerprint density at radius 3 is 2.38 bits per heavy atom. The molecular weight excluding hydrogens is 260 g/mol. The van der Waals surface area contributed by atoms with Crippen LogP contribution in [-0.4, -0.2) is 23.2 Å². The monoisotopic (exact) mass is 288 g/mol. The third kappa shape index (κ3) is 3.09. The van der Waals surface area contributed by atoms with Crippen LogP contribution in [0.5, 0.6) is 5.75 Å². The van der Waals surface area contributed by atoms with Crippen LogP contribution < -0.4 is 10.2 Å². The van der Waals surface area contributed by atoms with Gasteiger partial charge in [-0.05, 0) is 50.8 Å². The Morgan fingerprint density at radius 1 is 1.10 bits per heavy atom. The molecule has 1 saturated carbocycles. The fourth-order valence-electron chi connectivity index (χ4n) is 4.08. The Hall–Kier alpha value is -1.06. The van der Waals surface area contributed by atoms with E-state index in [4.69, 9.17) is 4.74 Å². The molecule has 1 N–H and O–H groups in total. The van der Waals surface area contributed by atoms with Gasteiger partial charge in [0.05, 0.1) is 7.11 Å². The highest BCUT2D eigenvalue weighted by molar-refractivity contribution is 5.27. The maximum atomic E-state index is 5.24. The molecule has 0 bridgehead atoms. The molecule has 1 saturated heterocycles. The SMILES string of the molecule is COc1ccc(CN2NC3(CCCCC3)CC2(C)C)cc1. The fraction of sp³-hybridized carbons (Fsp3) is 0.667. The number of hydrazine groups is 1. The summed E-state index contributed by atoms with van der Waals surface area (Å²) >= 11 is 0. The van der Waals surface area contributed by atoms with E-state index in [1.165, 1.54) is 44.1 Å². The van der Waals surface area contributed by atoms with Crippen LogP contribution >= 0.6 is 0 Å². The van der Waals surface area contributed by atoms with Crippen LogP contribution in [0.2, 0.25) is 0 Å². The average Bonchev–Trinajstić information content (AvgIpc) is 2.70. The van der Waals surface area contributed by atoms with Gasteiger partial charge in [-0.1, -0.05) is 31.4 Å². The van der Waals surface area contributed by atoms with Gasteiger partial charge in [0.15, 0.2) is 0 Å². The molecule has 0 amide bonds. The molecule has 2 aliphatic rings. The molecule has 1 aliphatic carbocycles. The van der Waals surface area contributed by atoms with Crippen LogP contribution in [0.25, 0.3) is 0 Å². The number of methoxy groups -OCH3 is 1. The van der Waals surface area contributed by atoms with Gasteiger partial charge in [0, 0.05) is 17.6 Å². The molecule has 3 rings (SSSR count). The van der Waals surface area contributed by atoms with E-state index in [0.29, 0.717) is 5.54 Å². The number of ether oxygens (including phenoxy) is 1. The molecular formula is C18H28N2O. The van der Waals surface area contributed by atoms with Crippen LogP contribution in [-0.2, 0) is 6.54 Å². The number of benzene rings is 1. The molecule has 21 heavy (non-hydrogen) atoms. The van der Waals surface area contributed by atoms with E-state index >= 15 is 0 Å². The van der Waals surface area contributed by atoms with E-state index in [-0.39, 0.29) is 5.54 Å². The second-order valence-corrected chi connectivity index (χ2v) is 7.38. The highest BCUT2D eigenvalue weighted by Gasteiger charge is 2.47. The van der Waals surface area contributed by atoms with Crippen molar-refractivity contribution in [1.82, 2.24) is 10.4 Å². The molecule has 0 radical (unpaired) electrons. The molecule has 0 aromatic heterocycles. The lowest BCUT2D eigenvalue weighted by molar-refractivity contribution is 0.0917. The summed E-state index contributed by atoms with van der Waals surface area (Å²) in [6.45, 7) is 5.69. The van der Waals surface area contributed by atoms with Gasteiger partial charge in [-0.15, -0.1) is 0 Å². The normalized spacial score (nSPS) is 24.3. The largest absolute Gasteiger partial charge is 0.497 e. The van der Waals surface area contributed by atoms with Gasteiger partial charge in [0.2, 0.25) is 0 Å². The van der Waals surface area contributed by atoms with E-state index in [2.05, 4.69) is 48.5 Å². The first-order valence-electron chi connectivity index (χ1n) is 8.21. The van der Waals surface area contributed by atoms with Crippen molar-refractivity contribution in [3.05, 3.63) is 29.8 Å². The average molecular weight is 288 g/mol. The summed E-state index contributed by atoms with van der Waals surface area (Å²) in [7, 11) is 1.72. The maximum absolute atomic E-state index is 5.24. The highest BCUT2D eigenvalue weighted by Crippen LogP contribution is 2.42. The highest BCUT2D eigenvalue weighted by atomic mass is 16.5. The molecule has 1 heterocycles. The van der Waals surface area contributed by atoms with E-state index in [9.17, 15) is 0 Å². The first-order chi connectivity index (χ1) is 10.0. The molecule has 3 heteroatoms. The Balaban J connectivity index is 1.71. The van der Waals surface area contributed by atoms with Crippen molar-refractivity contribution in [2.75, 3.05) is 7.11 Å². The molecule has 0 atom stereocenters. The Bertz CT molecular complexity index is 474. The summed E-state index contributed by atoms with van der Waals surface area (Å²) in [5, 5.41) is 2.46. The number of rotatable bonds is 3. The minimum Gasteiger partial charge on any atom is -0.497 e. The number of hydrogen-bond acceptors (Lipinski definition) is 3. The van der Waals surface area contributed by atoms with Gasteiger partial charge in [0.1, 0.15) is 5.75 Å². The summed E-state index contributed by atoms with van der Waals surface area (Å²) in [5.41, 5.74) is 5.79. The summed E-state index contributed by atoms with van der Waals surface area (Å²) in [6.07, 6.45) is 8.07. The zero-order chi connectivity index (χ0) is 14.9. The summed E-state index contributed by atoms with van der Waals surface area (Å²) in [4.78, 5) is 0. The van der Waals surface area contributed by atoms with E-state index in [1.807, 2.05) is 0 Å². The summed E-state index contributed by atoms with van der Waals surface area (Å²) in [6, 6.07) is 8.44.